The quantitative estimate of drug-likeness (QED) is 0.307. The summed E-state index contributed by atoms with van der Waals surface area (Å²) >= 11 is 0. The molecule has 35 heavy (non-hydrogen) atoms. The lowest BCUT2D eigenvalue weighted by atomic mass is 9.50. The summed E-state index contributed by atoms with van der Waals surface area (Å²) in [5.74, 6) is 6.96. The van der Waals surface area contributed by atoms with Gasteiger partial charge in [-0.15, -0.1) is 0 Å². The molecule has 1 aromatic rings. The average Bonchev–Trinajstić information content (AvgIpc) is 3.17. The Morgan fingerprint density at radius 1 is 1.00 bits per heavy atom. The van der Waals surface area contributed by atoms with Crippen LogP contribution in [0, 0.1) is 47.3 Å². The number of nitrogens with two attached hydrogens (primary N) is 1. The lowest BCUT2D eigenvalue weighted by molar-refractivity contribution is -0.123. The van der Waals surface area contributed by atoms with Crippen LogP contribution < -0.4 is 5.73 Å². The Bertz CT molecular complexity index is 852. The van der Waals surface area contributed by atoms with E-state index in [0.717, 1.165) is 59.9 Å². The normalized spacial score (nSPS) is 39.4. The van der Waals surface area contributed by atoms with Gasteiger partial charge in [0.25, 0.3) is 0 Å². The van der Waals surface area contributed by atoms with Gasteiger partial charge in [0.15, 0.2) is 6.29 Å². The first-order valence-electron chi connectivity index (χ1n) is 14.7. The van der Waals surface area contributed by atoms with Crippen molar-refractivity contribution in [3.05, 3.63) is 42.5 Å². The summed E-state index contributed by atoms with van der Waals surface area (Å²) in [5, 5.41) is 0. The highest BCUT2D eigenvalue weighted by molar-refractivity contribution is 5.57. The molecule has 4 fully saturated rings. The Morgan fingerprint density at radius 2 is 1.74 bits per heavy atom. The van der Waals surface area contributed by atoms with Crippen LogP contribution in [-0.4, -0.2) is 18.4 Å². The zero-order chi connectivity index (χ0) is 24.6. The van der Waals surface area contributed by atoms with Crippen LogP contribution in [-0.2, 0) is 9.47 Å². The summed E-state index contributed by atoms with van der Waals surface area (Å²) in [4.78, 5) is 0. The second kappa shape index (κ2) is 10.6. The van der Waals surface area contributed by atoms with Crippen molar-refractivity contribution in [1.29, 1.82) is 0 Å². The molecule has 5 rings (SSSR count). The second-order valence-corrected chi connectivity index (χ2v) is 13.1. The van der Waals surface area contributed by atoms with Crippen molar-refractivity contribution in [3.8, 4) is 0 Å². The summed E-state index contributed by atoms with van der Waals surface area (Å²) < 4.78 is 12.6. The van der Waals surface area contributed by atoms with Gasteiger partial charge in [0.2, 0.25) is 0 Å². The van der Waals surface area contributed by atoms with E-state index in [9.17, 15) is 0 Å². The van der Waals surface area contributed by atoms with Gasteiger partial charge in [-0.1, -0.05) is 57.7 Å². The van der Waals surface area contributed by atoms with Crippen molar-refractivity contribution in [1.82, 2.24) is 0 Å². The highest BCUT2D eigenvalue weighted by Crippen LogP contribution is 2.60. The first-order chi connectivity index (χ1) is 16.8. The number of benzene rings is 1. The van der Waals surface area contributed by atoms with E-state index in [1.807, 2.05) is 18.2 Å². The summed E-state index contributed by atoms with van der Waals surface area (Å²) in [6, 6.07) is 10.2. The fourth-order valence-corrected chi connectivity index (χ4v) is 8.84. The first kappa shape index (κ1) is 25.3. The third-order valence-electron chi connectivity index (χ3n) is 10.5. The minimum Gasteiger partial charge on any atom is -0.465 e. The van der Waals surface area contributed by atoms with Gasteiger partial charge in [0, 0.05) is 17.5 Å². The SMILES string of the molecule is C=C(OC(CC1CCC2C(CCC3C2CCC2C(C)CCC23N)C1)OCC(C)C)c1ccccc1. The maximum atomic E-state index is 7.24. The third-order valence-corrected chi connectivity index (χ3v) is 10.5. The maximum Gasteiger partial charge on any atom is 0.200 e. The molecule has 3 heteroatoms. The van der Waals surface area contributed by atoms with Crippen LogP contribution in [0.3, 0.4) is 0 Å². The van der Waals surface area contributed by atoms with Gasteiger partial charge in [-0.05, 0) is 105 Å². The largest absolute Gasteiger partial charge is 0.465 e. The summed E-state index contributed by atoms with van der Waals surface area (Å²) in [6.07, 6.45) is 13.0. The number of hydrogen-bond acceptors (Lipinski definition) is 3. The zero-order valence-corrected chi connectivity index (χ0v) is 22.5. The Kier molecular flexibility index (Phi) is 7.66. The number of ether oxygens (including phenoxy) is 2. The molecular formula is C32H49NO2. The summed E-state index contributed by atoms with van der Waals surface area (Å²) in [5.41, 5.74) is 8.42. The predicted molar refractivity (Wildman–Crippen MR) is 144 cm³/mol. The molecule has 0 bridgehead atoms. The van der Waals surface area contributed by atoms with E-state index in [1.165, 1.54) is 57.8 Å². The number of rotatable bonds is 8. The fraction of sp³-hybridized carbons (Fsp3) is 0.750. The molecule has 0 aliphatic heterocycles. The fourth-order valence-electron chi connectivity index (χ4n) is 8.84. The lowest BCUT2D eigenvalue weighted by Gasteiger charge is -2.57. The van der Waals surface area contributed by atoms with Crippen molar-refractivity contribution in [2.75, 3.05) is 6.61 Å². The molecule has 194 valence electrons. The van der Waals surface area contributed by atoms with Crippen molar-refractivity contribution in [2.24, 2.45) is 53.1 Å². The van der Waals surface area contributed by atoms with E-state index in [-0.39, 0.29) is 11.8 Å². The van der Waals surface area contributed by atoms with Crippen LogP contribution in [0.2, 0.25) is 0 Å². The molecule has 1 aromatic carbocycles. The minimum absolute atomic E-state index is 0.144. The molecular weight excluding hydrogens is 430 g/mol. The minimum atomic E-state index is -0.203. The van der Waals surface area contributed by atoms with E-state index in [0.29, 0.717) is 11.8 Å². The van der Waals surface area contributed by atoms with Gasteiger partial charge in [-0.3, -0.25) is 0 Å². The van der Waals surface area contributed by atoms with Gasteiger partial charge < -0.3 is 15.2 Å². The smallest absolute Gasteiger partial charge is 0.200 e. The maximum absolute atomic E-state index is 7.24. The predicted octanol–water partition coefficient (Wildman–Crippen LogP) is 7.66. The first-order valence-corrected chi connectivity index (χ1v) is 14.7. The van der Waals surface area contributed by atoms with E-state index in [2.05, 4.69) is 39.5 Å². The van der Waals surface area contributed by atoms with E-state index in [4.69, 9.17) is 15.2 Å². The van der Waals surface area contributed by atoms with E-state index < -0.39 is 0 Å². The topological polar surface area (TPSA) is 44.5 Å². The summed E-state index contributed by atoms with van der Waals surface area (Å²) in [7, 11) is 0. The van der Waals surface area contributed by atoms with Crippen LogP contribution in [0.1, 0.15) is 90.5 Å². The molecule has 9 unspecified atom stereocenters. The van der Waals surface area contributed by atoms with Crippen molar-refractivity contribution >= 4 is 5.76 Å². The lowest BCUT2D eigenvalue weighted by Crippen LogP contribution is -2.59. The molecule has 4 aliphatic rings. The molecule has 4 saturated carbocycles. The Labute approximate surface area is 214 Å². The molecule has 0 spiro atoms. The van der Waals surface area contributed by atoms with Gasteiger partial charge in [-0.2, -0.15) is 0 Å². The highest BCUT2D eigenvalue weighted by Gasteiger charge is 2.57. The molecule has 0 amide bonds. The van der Waals surface area contributed by atoms with Crippen LogP contribution in [0.15, 0.2) is 36.9 Å². The van der Waals surface area contributed by atoms with Crippen LogP contribution in [0.25, 0.3) is 5.76 Å². The average molecular weight is 480 g/mol. The standard InChI is InChI=1S/C32H49NO2/c1-21(2)20-34-31(35-23(4)25-8-6-5-7-9-25)19-24-10-12-27-26(18-24)11-14-30-28(27)13-15-29-22(3)16-17-32(29,30)33/h5-9,21-22,24,26-31H,4,10-20,33H2,1-3H3. The molecule has 0 heterocycles. The molecule has 0 radical (unpaired) electrons. The molecule has 0 saturated heterocycles. The highest BCUT2D eigenvalue weighted by atomic mass is 16.7. The Hall–Kier alpha value is -1.32. The molecule has 9 atom stereocenters. The van der Waals surface area contributed by atoms with Gasteiger partial charge in [-0.25, -0.2) is 0 Å². The van der Waals surface area contributed by atoms with Crippen LogP contribution in [0.5, 0.6) is 0 Å². The van der Waals surface area contributed by atoms with Crippen LogP contribution >= 0.6 is 0 Å². The van der Waals surface area contributed by atoms with Gasteiger partial charge in [0.1, 0.15) is 5.76 Å². The van der Waals surface area contributed by atoms with Crippen LogP contribution in [0.4, 0.5) is 0 Å². The monoisotopic (exact) mass is 479 g/mol. The van der Waals surface area contributed by atoms with E-state index in [1.54, 1.807) is 0 Å². The van der Waals surface area contributed by atoms with Crippen molar-refractivity contribution < 1.29 is 9.47 Å². The molecule has 0 aromatic heterocycles. The van der Waals surface area contributed by atoms with Gasteiger partial charge >= 0.3 is 0 Å². The zero-order valence-electron chi connectivity index (χ0n) is 22.5. The number of hydrogen-bond donors (Lipinski definition) is 1. The summed E-state index contributed by atoms with van der Waals surface area (Å²) in [6.45, 7) is 11.8. The Balaban J connectivity index is 1.21. The molecule has 2 N–H and O–H groups in total. The molecule has 4 aliphatic carbocycles. The van der Waals surface area contributed by atoms with Gasteiger partial charge in [0.05, 0.1) is 6.61 Å². The van der Waals surface area contributed by atoms with E-state index >= 15 is 0 Å². The second-order valence-electron chi connectivity index (χ2n) is 13.1. The third kappa shape index (κ3) is 5.23. The molecule has 3 nitrogen and oxygen atoms in total. The Morgan fingerprint density at radius 3 is 2.51 bits per heavy atom. The number of fused-ring (bicyclic) bond motifs is 5. The van der Waals surface area contributed by atoms with Crippen molar-refractivity contribution in [3.63, 3.8) is 0 Å². The van der Waals surface area contributed by atoms with Crippen molar-refractivity contribution in [2.45, 2.75) is 96.8 Å².